The topological polar surface area (TPSA) is 107 Å². The van der Waals surface area contributed by atoms with Crippen LogP contribution < -0.4 is 4.72 Å². The van der Waals surface area contributed by atoms with Crippen molar-refractivity contribution in [1.82, 2.24) is 4.72 Å². The van der Waals surface area contributed by atoms with Crippen molar-refractivity contribution in [3.8, 4) is 6.07 Å². The first-order valence-electron chi connectivity index (χ1n) is 5.20. The van der Waals surface area contributed by atoms with Gasteiger partial charge in [-0.3, -0.25) is 4.79 Å². The number of carbonyl (C=O) groups is 1. The van der Waals surface area contributed by atoms with E-state index in [1.54, 1.807) is 0 Å². The highest BCUT2D eigenvalue weighted by molar-refractivity contribution is 7.89. The molecule has 0 heterocycles. The minimum Gasteiger partial charge on any atom is -0.481 e. The zero-order valence-electron chi connectivity index (χ0n) is 9.92. The van der Waals surface area contributed by atoms with Crippen LogP contribution in [0.4, 0.5) is 4.39 Å². The van der Waals surface area contributed by atoms with Crippen molar-refractivity contribution >= 4 is 16.0 Å². The molecule has 8 heteroatoms. The van der Waals surface area contributed by atoms with Crippen LogP contribution in [0.25, 0.3) is 0 Å². The maximum Gasteiger partial charge on any atom is 0.307 e. The standard InChI is InChI=1S/C11H11FN2O4S/c1-7(11(15)16)6-14-19(17,18)10-4-2-3-9(12)8(10)5-13/h2-4,7,14H,6H2,1H3,(H,15,16). The third kappa shape index (κ3) is 3.49. The maximum atomic E-state index is 13.3. The molecule has 2 N–H and O–H groups in total. The number of nitriles is 1. The predicted molar refractivity (Wildman–Crippen MR) is 63.1 cm³/mol. The number of sulfonamides is 1. The Labute approximate surface area is 109 Å². The molecular formula is C11H11FN2O4S. The highest BCUT2D eigenvalue weighted by Gasteiger charge is 2.22. The molecule has 0 aromatic heterocycles. The van der Waals surface area contributed by atoms with Gasteiger partial charge in [0.05, 0.1) is 5.92 Å². The summed E-state index contributed by atoms with van der Waals surface area (Å²) in [4.78, 5) is 10.1. The number of hydrogen-bond acceptors (Lipinski definition) is 4. The second-order valence-electron chi connectivity index (χ2n) is 3.82. The van der Waals surface area contributed by atoms with E-state index in [4.69, 9.17) is 10.4 Å². The van der Waals surface area contributed by atoms with Crippen LogP contribution in [0.2, 0.25) is 0 Å². The van der Waals surface area contributed by atoms with Crippen LogP contribution in [-0.2, 0) is 14.8 Å². The van der Waals surface area contributed by atoms with E-state index in [0.717, 1.165) is 18.2 Å². The third-order valence-electron chi connectivity index (χ3n) is 2.38. The Morgan fingerprint density at radius 2 is 2.21 bits per heavy atom. The fourth-order valence-corrected chi connectivity index (χ4v) is 2.53. The van der Waals surface area contributed by atoms with Crippen molar-refractivity contribution < 1.29 is 22.7 Å². The van der Waals surface area contributed by atoms with E-state index < -0.39 is 38.2 Å². The maximum absolute atomic E-state index is 13.3. The second-order valence-corrected chi connectivity index (χ2v) is 5.55. The highest BCUT2D eigenvalue weighted by atomic mass is 32.2. The number of nitrogens with zero attached hydrogens (tertiary/aromatic N) is 1. The molecule has 1 aromatic rings. The number of hydrogen-bond donors (Lipinski definition) is 2. The summed E-state index contributed by atoms with van der Waals surface area (Å²) in [5.74, 6) is -3.05. The summed E-state index contributed by atoms with van der Waals surface area (Å²) in [6, 6.07) is 4.68. The molecule has 0 aliphatic heterocycles. The van der Waals surface area contributed by atoms with Gasteiger partial charge in [0.25, 0.3) is 0 Å². The van der Waals surface area contributed by atoms with Crippen molar-refractivity contribution in [3.05, 3.63) is 29.6 Å². The SMILES string of the molecule is CC(CNS(=O)(=O)c1cccc(F)c1C#N)C(=O)O. The minimum atomic E-state index is -4.13. The molecule has 0 aliphatic rings. The first-order chi connectivity index (χ1) is 8.79. The molecule has 0 aliphatic carbocycles. The van der Waals surface area contributed by atoms with Gasteiger partial charge in [-0.25, -0.2) is 17.5 Å². The lowest BCUT2D eigenvalue weighted by molar-refractivity contribution is -0.140. The van der Waals surface area contributed by atoms with Gasteiger partial charge in [0, 0.05) is 6.54 Å². The van der Waals surface area contributed by atoms with E-state index in [1.807, 2.05) is 4.72 Å². The fraction of sp³-hybridized carbons (Fsp3) is 0.273. The van der Waals surface area contributed by atoms with Gasteiger partial charge < -0.3 is 5.11 Å². The molecular weight excluding hydrogens is 275 g/mol. The number of carboxylic acids is 1. The average molecular weight is 286 g/mol. The lowest BCUT2D eigenvalue weighted by Crippen LogP contribution is -2.32. The summed E-state index contributed by atoms with van der Waals surface area (Å²) in [7, 11) is -4.13. The van der Waals surface area contributed by atoms with Crippen molar-refractivity contribution in [2.75, 3.05) is 6.54 Å². The number of benzene rings is 1. The number of rotatable bonds is 5. The van der Waals surface area contributed by atoms with Crippen molar-refractivity contribution in [3.63, 3.8) is 0 Å². The Kier molecular flexibility index (Phi) is 4.58. The summed E-state index contributed by atoms with van der Waals surface area (Å²) in [6.45, 7) is 0.973. The summed E-state index contributed by atoms with van der Waals surface area (Å²) in [5.41, 5.74) is -0.599. The lowest BCUT2D eigenvalue weighted by Gasteiger charge is -2.10. The number of aliphatic carboxylic acids is 1. The Balaban J connectivity index is 3.06. The van der Waals surface area contributed by atoms with Gasteiger partial charge in [-0.05, 0) is 12.1 Å². The van der Waals surface area contributed by atoms with Crippen LogP contribution in [0.1, 0.15) is 12.5 Å². The zero-order valence-corrected chi connectivity index (χ0v) is 10.7. The molecule has 1 aromatic carbocycles. The molecule has 1 rings (SSSR count). The fourth-order valence-electron chi connectivity index (χ4n) is 1.24. The normalized spacial score (nSPS) is 12.7. The van der Waals surface area contributed by atoms with E-state index in [-0.39, 0.29) is 6.54 Å². The molecule has 19 heavy (non-hydrogen) atoms. The highest BCUT2D eigenvalue weighted by Crippen LogP contribution is 2.17. The zero-order chi connectivity index (χ0) is 14.6. The van der Waals surface area contributed by atoms with Crippen LogP contribution >= 0.6 is 0 Å². The minimum absolute atomic E-state index is 0.348. The molecule has 0 radical (unpaired) electrons. The molecule has 0 bridgehead atoms. The van der Waals surface area contributed by atoms with Gasteiger partial charge in [0.2, 0.25) is 10.0 Å². The monoisotopic (exact) mass is 286 g/mol. The lowest BCUT2D eigenvalue weighted by atomic mass is 10.2. The van der Waals surface area contributed by atoms with Crippen molar-refractivity contribution in [2.45, 2.75) is 11.8 Å². The van der Waals surface area contributed by atoms with Crippen LogP contribution in [0.15, 0.2) is 23.1 Å². The largest absolute Gasteiger partial charge is 0.481 e. The summed E-state index contributed by atoms with van der Waals surface area (Å²) >= 11 is 0. The first kappa shape index (κ1) is 15.1. The van der Waals surface area contributed by atoms with E-state index in [9.17, 15) is 17.6 Å². The van der Waals surface area contributed by atoms with Gasteiger partial charge in [-0.1, -0.05) is 13.0 Å². The summed E-state index contributed by atoms with van der Waals surface area (Å²) in [6.07, 6.45) is 0. The van der Waals surface area contributed by atoms with Crippen molar-refractivity contribution in [1.29, 1.82) is 5.26 Å². The van der Waals surface area contributed by atoms with Gasteiger partial charge in [-0.2, -0.15) is 5.26 Å². The van der Waals surface area contributed by atoms with Crippen LogP contribution in [0.5, 0.6) is 0 Å². The molecule has 0 saturated heterocycles. The molecule has 1 unspecified atom stereocenters. The molecule has 0 spiro atoms. The smallest absolute Gasteiger partial charge is 0.307 e. The molecule has 0 saturated carbocycles. The Hall–Kier alpha value is -1.98. The molecule has 1 atom stereocenters. The quantitative estimate of drug-likeness (QED) is 0.828. The Morgan fingerprint density at radius 1 is 1.58 bits per heavy atom. The summed E-state index contributed by atoms with van der Waals surface area (Å²) in [5, 5.41) is 17.4. The van der Waals surface area contributed by atoms with Gasteiger partial charge >= 0.3 is 5.97 Å². The van der Waals surface area contributed by atoms with E-state index >= 15 is 0 Å². The third-order valence-corrected chi connectivity index (χ3v) is 3.84. The second kappa shape index (κ2) is 5.77. The number of halogens is 1. The van der Waals surface area contributed by atoms with E-state index in [1.165, 1.54) is 13.0 Å². The Bertz CT molecular complexity index is 637. The number of carboxylic acid groups (broad SMARTS) is 1. The van der Waals surface area contributed by atoms with Crippen LogP contribution in [-0.4, -0.2) is 26.0 Å². The van der Waals surface area contributed by atoms with E-state index in [0.29, 0.717) is 0 Å². The molecule has 102 valence electrons. The van der Waals surface area contributed by atoms with Crippen LogP contribution in [0.3, 0.4) is 0 Å². The molecule has 0 fully saturated rings. The molecule has 0 amide bonds. The molecule has 6 nitrogen and oxygen atoms in total. The van der Waals surface area contributed by atoms with E-state index in [2.05, 4.69) is 0 Å². The van der Waals surface area contributed by atoms with Gasteiger partial charge in [0.15, 0.2) is 0 Å². The number of nitrogens with one attached hydrogen (secondary N) is 1. The van der Waals surface area contributed by atoms with Gasteiger partial charge in [-0.15, -0.1) is 0 Å². The van der Waals surface area contributed by atoms with Crippen molar-refractivity contribution in [2.24, 2.45) is 5.92 Å². The summed E-state index contributed by atoms with van der Waals surface area (Å²) < 4.78 is 39.1. The predicted octanol–water partition coefficient (Wildman–Crippen LogP) is 0.696. The average Bonchev–Trinajstić information content (AvgIpc) is 2.35. The first-order valence-corrected chi connectivity index (χ1v) is 6.69. The van der Waals surface area contributed by atoms with Gasteiger partial charge in [0.1, 0.15) is 22.3 Å². The van der Waals surface area contributed by atoms with Crippen LogP contribution in [0, 0.1) is 23.1 Å². The Morgan fingerprint density at radius 3 is 2.74 bits per heavy atom.